The molecule has 0 saturated heterocycles. The monoisotopic (exact) mass is 323 g/mol. The van der Waals surface area contributed by atoms with E-state index < -0.39 is 0 Å². The summed E-state index contributed by atoms with van der Waals surface area (Å²) in [5, 5.41) is 3.61. The summed E-state index contributed by atoms with van der Waals surface area (Å²) < 4.78 is 1.18. The molecule has 1 aliphatic carbocycles. The zero-order valence-electron chi connectivity index (χ0n) is 12.0. The lowest BCUT2D eigenvalue weighted by molar-refractivity contribution is 0.427. The van der Waals surface area contributed by atoms with Crippen molar-refractivity contribution >= 4 is 15.9 Å². The lowest BCUT2D eigenvalue weighted by Crippen LogP contribution is -2.23. The summed E-state index contributed by atoms with van der Waals surface area (Å²) in [4.78, 5) is 0. The van der Waals surface area contributed by atoms with Crippen molar-refractivity contribution in [2.75, 3.05) is 13.1 Å². The first-order valence-corrected chi connectivity index (χ1v) is 8.55. The van der Waals surface area contributed by atoms with Crippen LogP contribution in [0.1, 0.15) is 56.9 Å². The molecule has 0 radical (unpaired) electrons. The highest BCUT2D eigenvalue weighted by Gasteiger charge is 2.21. The predicted octanol–water partition coefficient (Wildman–Crippen LogP) is 5.11. The van der Waals surface area contributed by atoms with Crippen LogP contribution < -0.4 is 5.32 Å². The predicted molar refractivity (Wildman–Crippen MR) is 86.6 cm³/mol. The average Bonchev–Trinajstić information content (AvgIpc) is 2.92. The number of hydrogen-bond acceptors (Lipinski definition) is 1. The van der Waals surface area contributed by atoms with Gasteiger partial charge in [0.1, 0.15) is 0 Å². The van der Waals surface area contributed by atoms with E-state index >= 15 is 0 Å². The van der Waals surface area contributed by atoms with E-state index in [1.807, 2.05) is 0 Å². The Bertz CT molecular complexity index is 354. The SMILES string of the molecule is CCCNCC(CC1CCCC1)c1ccc(Br)cc1. The summed E-state index contributed by atoms with van der Waals surface area (Å²) in [5.74, 6) is 1.64. The standard InChI is InChI=1S/C17H26BrN/c1-2-11-19-13-16(12-14-5-3-4-6-14)15-7-9-17(18)10-8-15/h7-10,14,16,19H,2-6,11-13H2,1H3. The van der Waals surface area contributed by atoms with Crippen LogP contribution in [0.2, 0.25) is 0 Å². The number of hydrogen-bond donors (Lipinski definition) is 1. The largest absolute Gasteiger partial charge is 0.316 e. The second kappa shape index (κ2) is 8.06. The van der Waals surface area contributed by atoms with E-state index in [0.717, 1.165) is 19.0 Å². The lowest BCUT2D eigenvalue weighted by atomic mass is 9.88. The van der Waals surface area contributed by atoms with Crippen LogP contribution in [0.25, 0.3) is 0 Å². The van der Waals surface area contributed by atoms with Crippen LogP contribution in [-0.4, -0.2) is 13.1 Å². The molecule has 0 aliphatic heterocycles. The smallest absolute Gasteiger partial charge is 0.0175 e. The molecule has 1 aliphatic rings. The van der Waals surface area contributed by atoms with E-state index in [1.165, 1.54) is 48.6 Å². The van der Waals surface area contributed by atoms with Crippen LogP contribution in [0.4, 0.5) is 0 Å². The van der Waals surface area contributed by atoms with Crippen LogP contribution in [0.3, 0.4) is 0 Å². The van der Waals surface area contributed by atoms with Crippen molar-refractivity contribution < 1.29 is 0 Å². The first kappa shape index (κ1) is 15.1. The maximum Gasteiger partial charge on any atom is 0.0175 e. The molecule has 1 atom stereocenters. The fraction of sp³-hybridized carbons (Fsp3) is 0.647. The normalized spacial score (nSPS) is 17.8. The van der Waals surface area contributed by atoms with Crippen molar-refractivity contribution in [1.82, 2.24) is 5.32 Å². The Labute approximate surface area is 126 Å². The molecule has 106 valence electrons. The van der Waals surface area contributed by atoms with Crippen molar-refractivity contribution in [2.24, 2.45) is 5.92 Å². The zero-order chi connectivity index (χ0) is 13.5. The van der Waals surface area contributed by atoms with Gasteiger partial charge in [-0.25, -0.2) is 0 Å². The molecule has 2 heteroatoms. The van der Waals surface area contributed by atoms with Gasteiger partial charge in [0, 0.05) is 11.0 Å². The molecular formula is C17H26BrN. The summed E-state index contributed by atoms with van der Waals surface area (Å²) in [5.41, 5.74) is 1.50. The maximum absolute atomic E-state index is 3.61. The van der Waals surface area contributed by atoms with Crippen molar-refractivity contribution in [3.05, 3.63) is 34.3 Å². The third-order valence-corrected chi connectivity index (χ3v) is 4.78. The minimum Gasteiger partial charge on any atom is -0.316 e. The Morgan fingerprint density at radius 2 is 1.89 bits per heavy atom. The summed E-state index contributed by atoms with van der Waals surface area (Å²) >= 11 is 3.53. The van der Waals surface area contributed by atoms with Gasteiger partial charge >= 0.3 is 0 Å². The van der Waals surface area contributed by atoms with E-state index in [4.69, 9.17) is 0 Å². The number of rotatable bonds is 7. The molecule has 0 spiro atoms. The summed E-state index contributed by atoms with van der Waals surface area (Å²) in [6.07, 6.45) is 8.36. The fourth-order valence-corrected chi connectivity index (χ4v) is 3.44. The molecule has 1 aromatic rings. The fourth-order valence-electron chi connectivity index (χ4n) is 3.17. The van der Waals surface area contributed by atoms with Crippen LogP contribution >= 0.6 is 15.9 Å². The van der Waals surface area contributed by atoms with Gasteiger partial charge in [0.2, 0.25) is 0 Å². The molecule has 1 saturated carbocycles. The van der Waals surface area contributed by atoms with Crippen LogP contribution in [0, 0.1) is 5.92 Å². The molecule has 19 heavy (non-hydrogen) atoms. The lowest BCUT2D eigenvalue weighted by Gasteiger charge is -2.21. The van der Waals surface area contributed by atoms with Crippen LogP contribution in [0.15, 0.2) is 28.7 Å². The zero-order valence-corrected chi connectivity index (χ0v) is 13.6. The number of benzene rings is 1. The first-order chi connectivity index (χ1) is 9.29. The Kier molecular flexibility index (Phi) is 6.39. The molecule has 0 aromatic heterocycles. The Morgan fingerprint density at radius 3 is 2.53 bits per heavy atom. The quantitative estimate of drug-likeness (QED) is 0.687. The topological polar surface area (TPSA) is 12.0 Å². The maximum atomic E-state index is 3.61. The van der Waals surface area contributed by atoms with Crippen LogP contribution in [0.5, 0.6) is 0 Å². The Morgan fingerprint density at radius 1 is 1.21 bits per heavy atom. The average molecular weight is 324 g/mol. The van der Waals surface area contributed by atoms with E-state index in [-0.39, 0.29) is 0 Å². The van der Waals surface area contributed by atoms with Gasteiger partial charge in [-0.3, -0.25) is 0 Å². The minimum atomic E-state index is 0.683. The molecule has 0 bridgehead atoms. The van der Waals surface area contributed by atoms with Crippen LogP contribution in [-0.2, 0) is 0 Å². The first-order valence-electron chi connectivity index (χ1n) is 7.75. The number of halogens is 1. The van der Waals surface area contributed by atoms with Crippen molar-refractivity contribution in [3.8, 4) is 0 Å². The third-order valence-electron chi connectivity index (χ3n) is 4.25. The second-order valence-electron chi connectivity index (χ2n) is 5.84. The van der Waals surface area contributed by atoms with Gasteiger partial charge in [-0.15, -0.1) is 0 Å². The molecule has 1 nitrogen and oxygen atoms in total. The minimum absolute atomic E-state index is 0.683. The van der Waals surface area contributed by atoms with Gasteiger partial charge in [-0.1, -0.05) is 60.7 Å². The molecule has 0 heterocycles. The molecular weight excluding hydrogens is 298 g/mol. The second-order valence-corrected chi connectivity index (χ2v) is 6.75. The van der Waals surface area contributed by atoms with Gasteiger partial charge < -0.3 is 5.32 Å². The summed E-state index contributed by atoms with van der Waals surface area (Å²) in [6, 6.07) is 8.93. The van der Waals surface area contributed by atoms with E-state index in [1.54, 1.807) is 0 Å². The summed E-state index contributed by atoms with van der Waals surface area (Å²) in [7, 11) is 0. The van der Waals surface area contributed by atoms with Gasteiger partial charge in [-0.05, 0) is 48.9 Å². The van der Waals surface area contributed by atoms with Gasteiger partial charge in [0.25, 0.3) is 0 Å². The summed E-state index contributed by atoms with van der Waals surface area (Å²) in [6.45, 7) is 4.50. The Balaban J connectivity index is 1.97. The highest BCUT2D eigenvalue weighted by atomic mass is 79.9. The molecule has 1 fully saturated rings. The van der Waals surface area contributed by atoms with E-state index in [0.29, 0.717) is 5.92 Å². The third kappa shape index (κ3) is 4.92. The van der Waals surface area contributed by atoms with Crippen molar-refractivity contribution in [2.45, 2.75) is 51.4 Å². The number of nitrogens with one attached hydrogen (secondary N) is 1. The van der Waals surface area contributed by atoms with Gasteiger partial charge in [0.15, 0.2) is 0 Å². The highest BCUT2D eigenvalue weighted by molar-refractivity contribution is 9.10. The van der Waals surface area contributed by atoms with Gasteiger partial charge in [-0.2, -0.15) is 0 Å². The van der Waals surface area contributed by atoms with E-state index in [9.17, 15) is 0 Å². The molecule has 1 unspecified atom stereocenters. The Hall–Kier alpha value is -0.340. The van der Waals surface area contributed by atoms with Gasteiger partial charge in [0.05, 0.1) is 0 Å². The van der Waals surface area contributed by atoms with Crippen molar-refractivity contribution in [1.29, 1.82) is 0 Å². The molecule has 1 N–H and O–H groups in total. The highest BCUT2D eigenvalue weighted by Crippen LogP contribution is 2.34. The molecule has 0 amide bonds. The molecule has 2 rings (SSSR count). The molecule has 1 aromatic carbocycles. The van der Waals surface area contributed by atoms with E-state index in [2.05, 4.69) is 52.4 Å². The van der Waals surface area contributed by atoms with Crippen molar-refractivity contribution in [3.63, 3.8) is 0 Å².